The number of hydrogen-bond donors (Lipinski definition) is 2. The lowest BCUT2D eigenvalue weighted by atomic mass is 10.0. The Balaban J connectivity index is 1.48. The van der Waals surface area contributed by atoms with Crippen molar-refractivity contribution in [3.8, 4) is 17.3 Å². The number of fused-ring (bicyclic) bond motifs is 1. The second-order valence-electron chi connectivity index (χ2n) is 11.7. The lowest BCUT2D eigenvalue weighted by Crippen LogP contribution is -2.07. The van der Waals surface area contributed by atoms with Crippen molar-refractivity contribution in [2.75, 3.05) is 10.6 Å². The van der Waals surface area contributed by atoms with E-state index in [-0.39, 0.29) is 11.4 Å². The van der Waals surface area contributed by atoms with Crippen molar-refractivity contribution in [3.63, 3.8) is 0 Å². The number of aryl methyl sites for hydroxylation is 6. The van der Waals surface area contributed by atoms with Gasteiger partial charge in [0.2, 0.25) is 10.9 Å². The zero-order chi connectivity index (χ0) is 33.4. The van der Waals surface area contributed by atoms with Gasteiger partial charge >= 0.3 is 0 Å². The summed E-state index contributed by atoms with van der Waals surface area (Å²) in [4.78, 5) is 9.58. The molecular formula is C36H32N10S. The van der Waals surface area contributed by atoms with Crippen molar-refractivity contribution in [3.05, 3.63) is 105 Å². The van der Waals surface area contributed by atoms with Crippen LogP contribution in [0.2, 0.25) is 0 Å². The molecule has 0 atom stereocenters. The van der Waals surface area contributed by atoms with Gasteiger partial charge in [0.1, 0.15) is 23.4 Å². The summed E-state index contributed by atoms with van der Waals surface area (Å²) < 4.78 is 2.55. The predicted octanol–water partition coefficient (Wildman–Crippen LogP) is 9.68. The minimum Gasteiger partial charge on any atom is -0.339 e. The summed E-state index contributed by atoms with van der Waals surface area (Å²) in [7, 11) is 0. The molecule has 11 heteroatoms. The Morgan fingerprint density at radius 1 is 0.745 bits per heavy atom. The van der Waals surface area contributed by atoms with Gasteiger partial charge in [0.05, 0.1) is 22.0 Å². The number of nitrogens with zero attached hydrogens (tertiary/aromatic N) is 8. The Hall–Kier alpha value is -5.91. The fourth-order valence-corrected chi connectivity index (χ4v) is 6.69. The molecule has 0 radical (unpaired) electrons. The van der Waals surface area contributed by atoms with Gasteiger partial charge in [-0.1, -0.05) is 58.9 Å². The average Bonchev–Trinajstić information content (AvgIpc) is 3.64. The highest BCUT2D eigenvalue weighted by molar-refractivity contribution is 7.20. The molecule has 47 heavy (non-hydrogen) atoms. The third-order valence-corrected chi connectivity index (χ3v) is 8.93. The fourth-order valence-electron chi connectivity index (χ4n) is 5.79. The summed E-state index contributed by atoms with van der Waals surface area (Å²) in [6.45, 7) is 14.1. The first kappa shape index (κ1) is 31.1. The van der Waals surface area contributed by atoms with Crippen LogP contribution in [0.4, 0.5) is 34.5 Å². The van der Waals surface area contributed by atoms with Gasteiger partial charge in [0.25, 0.3) is 0 Å². The van der Waals surface area contributed by atoms with Gasteiger partial charge in [-0.05, 0) is 82.9 Å². The highest BCUT2D eigenvalue weighted by Gasteiger charge is 2.21. The van der Waals surface area contributed by atoms with Gasteiger partial charge in [-0.3, -0.25) is 0 Å². The number of benzene rings is 3. The number of nitrogens with one attached hydrogen (secondary N) is 2. The van der Waals surface area contributed by atoms with E-state index in [1.165, 1.54) is 11.3 Å². The fraction of sp³-hybridized carbons (Fsp3) is 0.194. The second kappa shape index (κ2) is 12.5. The molecule has 10 nitrogen and oxygen atoms in total. The Morgan fingerprint density at radius 2 is 1.34 bits per heavy atom. The Morgan fingerprint density at radius 3 is 1.91 bits per heavy atom. The number of anilines is 4. The predicted molar refractivity (Wildman–Crippen MR) is 187 cm³/mol. The van der Waals surface area contributed by atoms with Gasteiger partial charge in [-0.2, -0.15) is 10.5 Å². The standard InChI is InChI=1S/C36H32N10S/c1-19-12-21(3)30(22(4)13-19)40-34-27(17-38)25(7)32(35(42-34)41-31-23(5)14-20(2)15-24(31)6)43-44-33-26(16-37)18-46(45-33)36-39-28-10-8-9-11-29(28)47-36/h8-15,18H,1-7H3,(H2,40,41,42). The molecule has 0 bridgehead atoms. The first-order valence-electron chi connectivity index (χ1n) is 15.0. The molecule has 0 saturated carbocycles. The van der Waals surface area contributed by atoms with Crippen LogP contribution in [0.5, 0.6) is 0 Å². The molecule has 6 aromatic rings. The molecule has 0 aliphatic rings. The maximum Gasteiger partial charge on any atom is 0.213 e. The average molecular weight is 637 g/mol. The van der Waals surface area contributed by atoms with Gasteiger partial charge in [0.15, 0.2) is 11.6 Å². The van der Waals surface area contributed by atoms with Crippen LogP contribution in [0.1, 0.15) is 50.1 Å². The van der Waals surface area contributed by atoms with Crippen LogP contribution in [0.25, 0.3) is 15.3 Å². The molecule has 0 amide bonds. The summed E-state index contributed by atoms with van der Waals surface area (Å²) in [6, 6.07) is 20.7. The topological polar surface area (TPSA) is 140 Å². The van der Waals surface area contributed by atoms with E-state index in [4.69, 9.17) is 4.98 Å². The molecule has 0 aliphatic heterocycles. The molecule has 2 N–H and O–H groups in total. The van der Waals surface area contributed by atoms with Crippen LogP contribution < -0.4 is 10.6 Å². The Kier molecular flexibility index (Phi) is 8.25. The summed E-state index contributed by atoms with van der Waals surface area (Å²) in [6.07, 6.45) is 1.59. The van der Waals surface area contributed by atoms with E-state index in [0.717, 1.165) is 55.0 Å². The largest absolute Gasteiger partial charge is 0.339 e. The van der Waals surface area contributed by atoms with Crippen LogP contribution >= 0.6 is 11.3 Å². The van der Waals surface area contributed by atoms with E-state index >= 15 is 0 Å². The number of rotatable bonds is 7. The number of thiazole rings is 1. The van der Waals surface area contributed by atoms with Gasteiger partial charge < -0.3 is 10.6 Å². The van der Waals surface area contributed by atoms with Crippen molar-refractivity contribution < 1.29 is 0 Å². The highest BCUT2D eigenvalue weighted by Crippen LogP contribution is 2.39. The molecule has 0 aliphatic carbocycles. The summed E-state index contributed by atoms with van der Waals surface area (Å²) in [5.74, 6) is 0.947. The molecule has 0 spiro atoms. The van der Waals surface area contributed by atoms with E-state index in [0.29, 0.717) is 33.6 Å². The van der Waals surface area contributed by atoms with E-state index in [9.17, 15) is 10.5 Å². The normalized spacial score (nSPS) is 11.2. The number of para-hydroxylation sites is 1. The van der Waals surface area contributed by atoms with Gasteiger partial charge in [-0.25, -0.2) is 14.6 Å². The number of pyridine rings is 1. The van der Waals surface area contributed by atoms with E-state index in [1.807, 2.05) is 58.9 Å². The van der Waals surface area contributed by atoms with E-state index < -0.39 is 0 Å². The van der Waals surface area contributed by atoms with Crippen molar-refractivity contribution in [2.24, 2.45) is 10.2 Å². The van der Waals surface area contributed by atoms with Crippen molar-refractivity contribution >= 4 is 56.1 Å². The smallest absolute Gasteiger partial charge is 0.213 e. The molecule has 6 rings (SSSR count). The molecule has 0 fully saturated rings. The maximum atomic E-state index is 10.4. The van der Waals surface area contributed by atoms with Crippen LogP contribution in [-0.2, 0) is 0 Å². The molecule has 232 valence electrons. The third kappa shape index (κ3) is 6.05. The molecular weight excluding hydrogens is 605 g/mol. The monoisotopic (exact) mass is 636 g/mol. The number of nitriles is 2. The number of azo groups is 1. The number of hydrogen-bond acceptors (Lipinski definition) is 10. The first-order valence-corrected chi connectivity index (χ1v) is 15.8. The van der Waals surface area contributed by atoms with Gasteiger partial charge in [0, 0.05) is 16.9 Å². The Labute approximate surface area is 277 Å². The maximum absolute atomic E-state index is 10.4. The first-order chi connectivity index (χ1) is 22.6. The molecule has 0 unspecified atom stereocenters. The minimum absolute atomic E-state index is 0.131. The molecule has 3 aromatic carbocycles. The lowest BCUT2D eigenvalue weighted by molar-refractivity contribution is 0.867. The number of aromatic nitrogens is 4. The van der Waals surface area contributed by atoms with Crippen LogP contribution in [0.3, 0.4) is 0 Å². The van der Waals surface area contributed by atoms with Crippen molar-refractivity contribution in [2.45, 2.75) is 48.5 Å². The molecule has 3 heterocycles. The van der Waals surface area contributed by atoms with Crippen LogP contribution in [0, 0.1) is 71.1 Å². The molecule has 3 aromatic heterocycles. The van der Waals surface area contributed by atoms with Crippen LogP contribution in [0.15, 0.2) is 65.0 Å². The van der Waals surface area contributed by atoms with E-state index in [2.05, 4.69) is 81.2 Å². The zero-order valence-electron chi connectivity index (χ0n) is 27.2. The zero-order valence-corrected chi connectivity index (χ0v) is 28.0. The lowest BCUT2D eigenvalue weighted by Gasteiger charge is -2.19. The minimum atomic E-state index is 0.131. The summed E-state index contributed by atoms with van der Waals surface area (Å²) >= 11 is 1.46. The van der Waals surface area contributed by atoms with Crippen molar-refractivity contribution in [1.29, 1.82) is 10.5 Å². The summed E-state index contributed by atoms with van der Waals surface area (Å²) in [5, 5.41) is 41.4. The third-order valence-electron chi connectivity index (χ3n) is 7.91. The van der Waals surface area contributed by atoms with Gasteiger partial charge in [-0.15, -0.1) is 15.3 Å². The molecule has 0 saturated heterocycles. The summed E-state index contributed by atoms with van der Waals surface area (Å²) in [5.41, 5.74) is 10.6. The van der Waals surface area contributed by atoms with Crippen LogP contribution in [-0.4, -0.2) is 19.7 Å². The second-order valence-corrected chi connectivity index (χ2v) is 12.7. The van der Waals surface area contributed by atoms with E-state index in [1.54, 1.807) is 10.9 Å². The SMILES string of the molecule is Cc1cc(C)c(Nc2nc(Nc3c(C)cc(C)cc3C)c(N=Nc3nn(-c4nc5ccccc5s4)cc3C#N)c(C)c2C#N)c(C)c1. The highest BCUT2D eigenvalue weighted by atomic mass is 32.1. The quantitative estimate of drug-likeness (QED) is 0.166. The van der Waals surface area contributed by atoms with Crippen molar-refractivity contribution in [1.82, 2.24) is 19.7 Å². The Bertz CT molecular complexity index is 2230.